The van der Waals surface area contributed by atoms with Gasteiger partial charge in [-0.15, -0.1) is 0 Å². The first-order valence-corrected chi connectivity index (χ1v) is 6.02. The van der Waals surface area contributed by atoms with E-state index in [9.17, 15) is 9.90 Å². The van der Waals surface area contributed by atoms with Crippen LogP contribution in [0.3, 0.4) is 0 Å². The maximum atomic E-state index is 12.0. The summed E-state index contributed by atoms with van der Waals surface area (Å²) >= 11 is 0. The van der Waals surface area contributed by atoms with Crippen LogP contribution in [0.4, 0.5) is 0 Å². The van der Waals surface area contributed by atoms with Gasteiger partial charge in [-0.05, 0) is 18.6 Å². The highest BCUT2D eigenvalue weighted by atomic mass is 16.3. The maximum absolute atomic E-state index is 12.0. The molecule has 0 saturated carbocycles. The summed E-state index contributed by atoms with van der Waals surface area (Å²) in [6.07, 6.45) is 1.50. The predicted octanol–water partition coefficient (Wildman–Crippen LogP) is 0.179. The van der Waals surface area contributed by atoms with Crippen molar-refractivity contribution in [2.75, 3.05) is 13.1 Å². The molecule has 5 heteroatoms. The van der Waals surface area contributed by atoms with Crippen LogP contribution in [0.1, 0.15) is 11.3 Å². The summed E-state index contributed by atoms with van der Waals surface area (Å²) in [7, 11) is 0. The van der Waals surface area contributed by atoms with Crippen molar-refractivity contribution >= 4 is 5.65 Å². The maximum Gasteiger partial charge on any atom is 0.258 e. The van der Waals surface area contributed by atoms with Gasteiger partial charge < -0.3 is 5.11 Å². The molecule has 18 heavy (non-hydrogen) atoms. The van der Waals surface area contributed by atoms with Crippen molar-refractivity contribution in [1.82, 2.24) is 14.3 Å². The standard InChI is InChI=1S/C13H15N3O2/c1-9-3-2-4-16-12(18)5-10(14-13(9)16)6-15-7-11(17)8-15/h2-5,11,17H,6-8H2,1H3. The topological polar surface area (TPSA) is 57.8 Å². The second kappa shape index (κ2) is 4.19. The molecule has 1 N–H and O–H groups in total. The number of hydrogen-bond donors (Lipinski definition) is 1. The summed E-state index contributed by atoms with van der Waals surface area (Å²) in [5.74, 6) is 0. The van der Waals surface area contributed by atoms with Crippen LogP contribution in [0, 0.1) is 6.92 Å². The fraction of sp³-hybridized carbons (Fsp3) is 0.385. The van der Waals surface area contributed by atoms with E-state index in [1.807, 2.05) is 19.1 Å². The quantitative estimate of drug-likeness (QED) is 0.820. The van der Waals surface area contributed by atoms with Crippen molar-refractivity contribution in [3.63, 3.8) is 0 Å². The van der Waals surface area contributed by atoms with Gasteiger partial charge in [-0.25, -0.2) is 4.98 Å². The number of nitrogens with zero attached hydrogens (tertiary/aromatic N) is 3. The van der Waals surface area contributed by atoms with E-state index >= 15 is 0 Å². The van der Waals surface area contributed by atoms with Crippen LogP contribution < -0.4 is 5.56 Å². The minimum Gasteiger partial charge on any atom is -0.390 e. The van der Waals surface area contributed by atoms with Crippen LogP contribution in [0.15, 0.2) is 29.2 Å². The van der Waals surface area contributed by atoms with E-state index in [1.165, 1.54) is 0 Å². The Morgan fingerprint density at radius 1 is 1.50 bits per heavy atom. The van der Waals surface area contributed by atoms with Crippen molar-refractivity contribution in [3.8, 4) is 0 Å². The third-order valence-electron chi connectivity index (χ3n) is 3.26. The van der Waals surface area contributed by atoms with Gasteiger partial charge in [-0.1, -0.05) is 6.07 Å². The number of aliphatic hydroxyl groups excluding tert-OH is 1. The Hall–Kier alpha value is -1.72. The Morgan fingerprint density at radius 3 is 3.00 bits per heavy atom. The molecule has 0 atom stereocenters. The van der Waals surface area contributed by atoms with Gasteiger partial charge >= 0.3 is 0 Å². The lowest BCUT2D eigenvalue weighted by molar-refractivity contribution is -0.00353. The average Bonchev–Trinajstić information content (AvgIpc) is 2.29. The van der Waals surface area contributed by atoms with Crippen LogP contribution in [0.25, 0.3) is 5.65 Å². The lowest BCUT2D eigenvalue weighted by atomic mass is 10.1. The monoisotopic (exact) mass is 245 g/mol. The van der Waals surface area contributed by atoms with Gasteiger partial charge in [0.15, 0.2) is 0 Å². The Labute approximate surface area is 104 Å². The molecule has 1 aliphatic rings. The van der Waals surface area contributed by atoms with E-state index in [-0.39, 0.29) is 11.7 Å². The smallest absolute Gasteiger partial charge is 0.258 e. The second-order valence-electron chi connectivity index (χ2n) is 4.82. The van der Waals surface area contributed by atoms with Crippen LogP contribution in [0.5, 0.6) is 0 Å². The molecule has 1 saturated heterocycles. The van der Waals surface area contributed by atoms with Crippen LogP contribution >= 0.6 is 0 Å². The van der Waals surface area contributed by atoms with Crippen LogP contribution in [0.2, 0.25) is 0 Å². The molecule has 0 radical (unpaired) electrons. The molecular formula is C13H15N3O2. The number of β-amino-alcohol motifs (C(OH)–C–C–N with tert-alkyl or cyclic N) is 1. The molecule has 0 bridgehead atoms. The first-order chi connectivity index (χ1) is 8.63. The highest BCUT2D eigenvalue weighted by Gasteiger charge is 2.24. The molecular weight excluding hydrogens is 230 g/mol. The number of aromatic nitrogens is 2. The summed E-state index contributed by atoms with van der Waals surface area (Å²) in [4.78, 5) is 18.6. The largest absolute Gasteiger partial charge is 0.390 e. The number of aliphatic hydroxyl groups is 1. The zero-order valence-corrected chi connectivity index (χ0v) is 10.2. The molecule has 0 aliphatic carbocycles. The van der Waals surface area contributed by atoms with Crippen molar-refractivity contribution in [2.45, 2.75) is 19.6 Å². The minimum atomic E-state index is -0.228. The number of hydrogen-bond acceptors (Lipinski definition) is 4. The molecule has 5 nitrogen and oxygen atoms in total. The number of likely N-dealkylation sites (tertiary alicyclic amines) is 1. The van der Waals surface area contributed by atoms with Gasteiger partial charge in [-0.2, -0.15) is 0 Å². The second-order valence-corrected chi connectivity index (χ2v) is 4.82. The third kappa shape index (κ3) is 1.91. The van der Waals surface area contributed by atoms with Crippen molar-refractivity contribution in [3.05, 3.63) is 46.0 Å². The number of fused-ring (bicyclic) bond motifs is 1. The number of aryl methyl sites for hydroxylation is 1. The lowest BCUT2D eigenvalue weighted by Gasteiger charge is -2.35. The molecule has 2 aromatic rings. The van der Waals surface area contributed by atoms with E-state index in [0.29, 0.717) is 25.3 Å². The molecule has 1 aliphatic heterocycles. The normalized spacial score (nSPS) is 17.0. The molecule has 0 amide bonds. The van der Waals surface area contributed by atoms with Crippen molar-refractivity contribution in [1.29, 1.82) is 0 Å². The van der Waals surface area contributed by atoms with Crippen LogP contribution in [-0.2, 0) is 6.54 Å². The van der Waals surface area contributed by atoms with Gasteiger partial charge in [0.2, 0.25) is 0 Å². The predicted molar refractivity (Wildman–Crippen MR) is 67.5 cm³/mol. The van der Waals surface area contributed by atoms with Gasteiger partial charge in [0.1, 0.15) is 5.65 Å². The first-order valence-electron chi connectivity index (χ1n) is 6.02. The van der Waals surface area contributed by atoms with E-state index in [2.05, 4.69) is 9.88 Å². The Bertz CT molecular complexity index is 644. The molecule has 1 fully saturated rings. The zero-order chi connectivity index (χ0) is 12.7. The van der Waals surface area contributed by atoms with Gasteiger partial charge in [-0.3, -0.25) is 14.1 Å². The molecule has 0 spiro atoms. The molecule has 0 aromatic carbocycles. The summed E-state index contributed by atoms with van der Waals surface area (Å²) < 4.78 is 1.56. The molecule has 0 unspecified atom stereocenters. The fourth-order valence-corrected chi connectivity index (χ4v) is 2.29. The third-order valence-corrected chi connectivity index (χ3v) is 3.26. The molecule has 2 aromatic heterocycles. The summed E-state index contributed by atoms with van der Waals surface area (Å²) in [5, 5.41) is 9.24. The fourth-order valence-electron chi connectivity index (χ4n) is 2.29. The number of rotatable bonds is 2. The van der Waals surface area contributed by atoms with Gasteiger partial charge in [0.05, 0.1) is 11.8 Å². The van der Waals surface area contributed by atoms with Crippen molar-refractivity contribution < 1.29 is 5.11 Å². The van der Waals surface area contributed by atoms with Gasteiger partial charge in [0, 0.05) is 31.9 Å². The van der Waals surface area contributed by atoms with E-state index in [4.69, 9.17) is 0 Å². The van der Waals surface area contributed by atoms with Crippen LogP contribution in [-0.4, -0.2) is 38.6 Å². The first kappa shape index (κ1) is 11.4. The van der Waals surface area contributed by atoms with Gasteiger partial charge in [0.25, 0.3) is 5.56 Å². The van der Waals surface area contributed by atoms with E-state index in [0.717, 1.165) is 11.3 Å². The average molecular weight is 245 g/mol. The summed E-state index contributed by atoms with van der Waals surface area (Å²) in [6.45, 7) is 3.89. The highest BCUT2D eigenvalue weighted by Crippen LogP contribution is 2.12. The SMILES string of the molecule is Cc1cccn2c(=O)cc(CN3CC(O)C3)nc12. The van der Waals surface area contributed by atoms with E-state index in [1.54, 1.807) is 16.7 Å². The minimum absolute atomic E-state index is 0.0558. The van der Waals surface area contributed by atoms with E-state index < -0.39 is 0 Å². The van der Waals surface area contributed by atoms with Crippen molar-refractivity contribution in [2.24, 2.45) is 0 Å². The lowest BCUT2D eigenvalue weighted by Crippen LogP contribution is -2.50. The molecule has 3 rings (SSSR count). The highest BCUT2D eigenvalue weighted by molar-refractivity contribution is 5.46. The summed E-state index contributed by atoms with van der Waals surface area (Å²) in [6, 6.07) is 5.35. The molecule has 94 valence electrons. The summed E-state index contributed by atoms with van der Waals surface area (Å²) in [5.41, 5.74) is 2.40. The Kier molecular flexibility index (Phi) is 2.65. The molecule has 3 heterocycles. The zero-order valence-electron chi connectivity index (χ0n) is 10.2. The Balaban J connectivity index is 1.99. The number of pyridine rings is 1. The Morgan fingerprint density at radius 2 is 2.28 bits per heavy atom.